The molecule has 0 N–H and O–H groups in total. The third kappa shape index (κ3) is 2.19. The zero-order valence-corrected chi connectivity index (χ0v) is 7.04. The van der Waals surface area contributed by atoms with Crippen LogP contribution in [-0.2, 0) is 0 Å². The van der Waals surface area contributed by atoms with Gasteiger partial charge in [0, 0.05) is 35.2 Å². The van der Waals surface area contributed by atoms with E-state index < -0.39 is 0 Å². The molecule has 0 aromatic rings. The Labute approximate surface area is 62.5 Å². The van der Waals surface area contributed by atoms with Gasteiger partial charge in [-0.3, -0.25) is 0 Å². The zero-order chi connectivity index (χ0) is 5.11. The molecule has 1 saturated heterocycles. The Bertz CT molecular complexity index is 53.7. The summed E-state index contributed by atoms with van der Waals surface area (Å²) in [5, 5.41) is 0. The Morgan fingerprint density at radius 2 is 2.29 bits per heavy atom. The molecule has 0 bridgehead atoms. The molecule has 1 aliphatic heterocycles. The molecule has 0 atom stereocenters. The molecule has 1 fully saturated rings. The van der Waals surface area contributed by atoms with Gasteiger partial charge >= 0.3 is 0 Å². The number of rotatable bonds is 0. The predicted molar refractivity (Wildman–Crippen MR) is 42.4 cm³/mol. The van der Waals surface area contributed by atoms with E-state index in [1.807, 2.05) is 11.9 Å². The summed E-state index contributed by atoms with van der Waals surface area (Å²) in [6, 6.07) is 0. The molecule has 1 rings (SSSR count). The first-order valence-corrected chi connectivity index (χ1v) is 4.36. The van der Waals surface area contributed by atoms with Crippen LogP contribution < -0.4 is 0 Å². The molecule has 1 nitrogen and oxygen atoms in total. The molecule has 3 heteroatoms. The van der Waals surface area contributed by atoms with Crippen molar-refractivity contribution in [2.45, 2.75) is 12.8 Å². The van der Waals surface area contributed by atoms with Crippen LogP contribution in [0.15, 0.2) is 0 Å². The lowest BCUT2D eigenvalue weighted by Gasteiger charge is -2.17. The van der Waals surface area contributed by atoms with Crippen molar-refractivity contribution in [3.63, 3.8) is 0 Å². The van der Waals surface area contributed by atoms with Crippen molar-refractivity contribution >= 4 is 34.8 Å². The highest BCUT2D eigenvalue weighted by Gasteiger charge is 2.05. The Morgan fingerprint density at radius 1 is 1.43 bits per heavy atom. The summed E-state index contributed by atoms with van der Waals surface area (Å²) in [4.78, 5) is 0. The Balaban J connectivity index is 2.12. The van der Waals surface area contributed by atoms with Gasteiger partial charge in [-0.05, 0) is 12.8 Å². The van der Waals surface area contributed by atoms with Gasteiger partial charge in [-0.1, -0.05) is 11.9 Å². The summed E-state index contributed by atoms with van der Waals surface area (Å²) < 4.78 is 2.28. The molecular formula is C4H8INS. The fraction of sp³-hybridized carbons (Fsp3) is 1.00. The van der Waals surface area contributed by atoms with E-state index in [1.54, 1.807) is 0 Å². The van der Waals surface area contributed by atoms with Crippen LogP contribution >= 0.6 is 34.8 Å². The average molecular weight is 229 g/mol. The minimum absolute atomic E-state index is 1.27. The summed E-state index contributed by atoms with van der Waals surface area (Å²) in [6.07, 6.45) is 2.79. The first-order chi connectivity index (χ1) is 3.39. The van der Waals surface area contributed by atoms with E-state index >= 15 is 0 Å². The van der Waals surface area contributed by atoms with Crippen LogP contribution in [0.25, 0.3) is 0 Å². The summed E-state index contributed by atoms with van der Waals surface area (Å²) in [5.74, 6) is 1.32. The highest BCUT2D eigenvalue weighted by molar-refractivity contribution is 14.1. The fourth-order valence-electron chi connectivity index (χ4n) is 0.566. The second kappa shape index (κ2) is 3.14. The number of nitrogens with zero attached hydrogens (tertiary/aromatic N) is 1. The van der Waals surface area contributed by atoms with Crippen molar-refractivity contribution in [3.8, 4) is 0 Å². The van der Waals surface area contributed by atoms with E-state index in [9.17, 15) is 0 Å². The van der Waals surface area contributed by atoms with Crippen molar-refractivity contribution < 1.29 is 0 Å². The molecule has 0 saturated carbocycles. The average Bonchev–Trinajstić information content (AvgIpc) is 1.69. The molecule has 0 aliphatic carbocycles. The van der Waals surface area contributed by atoms with Crippen molar-refractivity contribution in [2.75, 3.05) is 12.3 Å². The van der Waals surface area contributed by atoms with Gasteiger partial charge in [-0.25, -0.2) is 0 Å². The highest BCUT2D eigenvalue weighted by Crippen LogP contribution is 2.22. The van der Waals surface area contributed by atoms with Gasteiger partial charge in [0.2, 0.25) is 0 Å². The maximum atomic E-state index is 2.35. The molecule has 0 radical (unpaired) electrons. The molecule has 7 heavy (non-hydrogen) atoms. The predicted octanol–water partition coefficient (Wildman–Crippen LogP) is 2.08. The molecule has 1 heterocycles. The van der Waals surface area contributed by atoms with Gasteiger partial charge < -0.3 is 0 Å². The van der Waals surface area contributed by atoms with Gasteiger partial charge in [0.1, 0.15) is 0 Å². The van der Waals surface area contributed by atoms with E-state index in [0.717, 1.165) is 0 Å². The van der Waals surface area contributed by atoms with E-state index in [0.29, 0.717) is 0 Å². The lowest BCUT2D eigenvalue weighted by Crippen LogP contribution is -2.09. The lowest BCUT2D eigenvalue weighted by molar-refractivity contribution is 0.662. The first-order valence-electron chi connectivity index (χ1n) is 2.46. The molecular weight excluding hydrogens is 221 g/mol. The van der Waals surface area contributed by atoms with Crippen molar-refractivity contribution in [1.82, 2.24) is 2.52 Å². The third-order valence-electron chi connectivity index (χ3n) is 0.960. The zero-order valence-electron chi connectivity index (χ0n) is 4.06. The monoisotopic (exact) mass is 229 g/mol. The first kappa shape index (κ1) is 6.16. The van der Waals surface area contributed by atoms with Crippen molar-refractivity contribution in [3.05, 3.63) is 0 Å². The van der Waals surface area contributed by atoms with E-state index in [2.05, 4.69) is 25.4 Å². The number of hydrogen-bond acceptors (Lipinski definition) is 2. The second-order valence-electron chi connectivity index (χ2n) is 1.58. The van der Waals surface area contributed by atoms with Gasteiger partial charge in [-0.2, -0.15) is 2.52 Å². The minimum atomic E-state index is 1.27. The fourth-order valence-corrected chi connectivity index (χ4v) is 2.29. The third-order valence-corrected chi connectivity index (χ3v) is 3.21. The largest absolute Gasteiger partial charge is 0.191 e. The van der Waals surface area contributed by atoms with Gasteiger partial charge in [0.25, 0.3) is 0 Å². The standard InChI is InChI=1S/C4H8INS/c5-6-3-1-2-4-7-6/h1-4H2. The van der Waals surface area contributed by atoms with Crippen LogP contribution in [0.5, 0.6) is 0 Å². The summed E-state index contributed by atoms with van der Waals surface area (Å²) >= 11 is 4.29. The SMILES string of the molecule is IN1CCCCS1. The smallest absolute Gasteiger partial charge is 0.0319 e. The van der Waals surface area contributed by atoms with Gasteiger partial charge in [0.05, 0.1) is 0 Å². The maximum Gasteiger partial charge on any atom is 0.0319 e. The van der Waals surface area contributed by atoms with Crippen LogP contribution in [0.1, 0.15) is 12.8 Å². The van der Waals surface area contributed by atoms with Gasteiger partial charge in [0.15, 0.2) is 0 Å². The molecule has 1 aliphatic rings. The Hall–Kier alpha value is 1.04. The summed E-state index contributed by atoms with van der Waals surface area (Å²) in [5.41, 5.74) is 0. The van der Waals surface area contributed by atoms with Crippen LogP contribution in [0.3, 0.4) is 0 Å². The van der Waals surface area contributed by atoms with Crippen LogP contribution in [0, 0.1) is 0 Å². The van der Waals surface area contributed by atoms with Gasteiger partial charge in [-0.15, -0.1) is 0 Å². The maximum absolute atomic E-state index is 2.35. The lowest BCUT2D eigenvalue weighted by atomic mass is 10.3. The molecule has 0 amide bonds. The second-order valence-corrected chi connectivity index (χ2v) is 4.51. The van der Waals surface area contributed by atoms with Crippen LogP contribution in [0.4, 0.5) is 0 Å². The molecule has 0 unspecified atom stereocenters. The molecule has 0 spiro atoms. The Morgan fingerprint density at radius 3 is 2.57 bits per heavy atom. The quantitative estimate of drug-likeness (QED) is 0.355. The topological polar surface area (TPSA) is 3.24 Å². The van der Waals surface area contributed by atoms with Crippen LogP contribution in [0.2, 0.25) is 0 Å². The Kier molecular flexibility index (Phi) is 2.77. The molecule has 0 aromatic heterocycles. The summed E-state index contributed by atoms with van der Waals surface area (Å²) in [7, 11) is 0. The van der Waals surface area contributed by atoms with E-state index in [-0.39, 0.29) is 0 Å². The van der Waals surface area contributed by atoms with Crippen LogP contribution in [-0.4, -0.2) is 14.8 Å². The van der Waals surface area contributed by atoms with E-state index in [4.69, 9.17) is 0 Å². The number of hydrogen-bond donors (Lipinski definition) is 0. The number of halogens is 1. The van der Waals surface area contributed by atoms with Crippen molar-refractivity contribution in [1.29, 1.82) is 0 Å². The van der Waals surface area contributed by atoms with Crippen molar-refractivity contribution in [2.24, 2.45) is 0 Å². The normalized spacial score (nSPS) is 25.3. The summed E-state index contributed by atoms with van der Waals surface area (Å²) in [6.45, 7) is 1.27. The van der Waals surface area contributed by atoms with E-state index in [1.165, 1.54) is 25.1 Å². The molecule has 0 aromatic carbocycles. The molecule has 42 valence electrons. The minimum Gasteiger partial charge on any atom is -0.191 e. The highest BCUT2D eigenvalue weighted by atomic mass is 127.